The van der Waals surface area contributed by atoms with Gasteiger partial charge >= 0.3 is 6.18 Å². The maximum atomic E-state index is 15.9. The number of amides is 1. The van der Waals surface area contributed by atoms with Crippen LogP contribution in [-0.4, -0.2) is 76.4 Å². The van der Waals surface area contributed by atoms with Crippen molar-refractivity contribution in [1.29, 1.82) is 0 Å². The minimum atomic E-state index is -4.62. The highest BCUT2D eigenvalue weighted by Crippen LogP contribution is 2.47. The molecule has 43 heavy (non-hydrogen) atoms. The van der Waals surface area contributed by atoms with Crippen LogP contribution in [0, 0.1) is 5.92 Å². The van der Waals surface area contributed by atoms with E-state index in [4.69, 9.17) is 4.74 Å². The van der Waals surface area contributed by atoms with Crippen LogP contribution in [0.2, 0.25) is 0 Å². The molecule has 2 saturated heterocycles. The topological polar surface area (TPSA) is 66.7 Å². The molecule has 1 amide bonds. The molecule has 230 valence electrons. The lowest BCUT2D eigenvalue weighted by Crippen LogP contribution is -2.53. The Kier molecular flexibility index (Phi) is 7.58. The van der Waals surface area contributed by atoms with E-state index in [0.29, 0.717) is 29.3 Å². The highest BCUT2D eigenvalue weighted by molar-refractivity contribution is 6.10. The van der Waals surface area contributed by atoms with Gasteiger partial charge < -0.3 is 19.1 Å². The number of hydrogen-bond acceptors (Lipinski definition) is 6. The summed E-state index contributed by atoms with van der Waals surface area (Å²) in [4.78, 5) is 19.6. The number of likely N-dealkylation sites (N-methyl/N-ethyl adjacent to an activating group) is 1. The van der Waals surface area contributed by atoms with Gasteiger partial charge in [0.2, 0.25) is 0 Å². The van der Waals surface area contributed by atoms with Crippen LogP contribution in [0.25, 0.3) is 0 Å². The summed E-state index contributed by atoms with van der Waals surface area (Å²) in [5.41, 5.74) is -0.335. The minimum absolute atomic E-state index is 0.0328. The first-order valence-corrected chi connectivity index (χ1v) is 14.5. The van der Waals surface area contributed by atoms with Crippen LogP contribution < -0.4 is 4.90 Å². The summed E-state index contributed by atoms with van der Waals surface area (Å²) in [6.07, 6.45) is -4.73. The van der Waals surface area contributed by atoms with Crippen molar-refractivity contribution in [2.45, 2.75) is 50.7 Å². The second-order valence-corrected chi connectivity index (χ2v) is 12.5. The number of ether oxygens (including phenoxy) is 1. The summed E-state index contributed by atoms with van der Waals surface area (Å²) in [7, 11) is 3.71. The molecule has 2 atom stereocenters. The zero-order valence-corrected chi connectivity index (χ0v) is 24.7. The number of anilines is 1. The second-order valence-electron chi connectivity index (χ2n) is 12.5. The van der Waals surface area contributed by atoms with Gasteiger partial charge in [-0.1, -0.05) is 26.0 Å². The molecule has 2 aromatic carbocycles. The lowest BCUT2D eigenvalue weighted by atomic mass is 9.74. The number of fused-ring (bicyclic) bond motifs is 1. The molecular weight excluding hydrogens is 564 g/mol. The average molecular weight is 601 g/mol. The van der Waals surface area contributed by atoms with Crippen molar-refractivity contribution in [3.8, 4) is 0 Å². The van der Waals surface area contributed by atoms with Gasteiger partial charge in [-0.2, -0.15) is 13.2 Å². The summed E-state index contributed by atoms with van der Waals surface area (Å²) < 4.78 is 66.1. The van der Waals surface area contributed by atoms with Gasteiger partial charge in [0, 0.05) is 50.5 Å². The van der Waals surface area contributed by atoms with E-state index in [2.05, 4.69) is 40.9 Å². The van der Waals surface area contributed by atoms with Gasteiger partial charge in [-0.3, -0.25) is 9.69 Å². The Morgan fingerprint density at radius 1 is 1.12 bits per heavy atom. The van der Waals surface area contributed by atoms with Crippen molar-refractivity contribution >= 4 is 11.6 Å². The molecule has 0 aliphatic carbocycles. The smallest absolute Gasteiger partial charge is 0.379 e. The first-order chi connectivity index (χ1) is 20.4. The fraction of sp³-hybridized carbons (Fsp3) is 0.516. The lowest BCUT2D eigenvalue weighted by molar-refractivity contribution is -0.138. The summed E-state index contributed by atoms with van der Waals surface area (Å²) >= 11 is 0. The maximum Gasteiger partial charge on any atom is 0.416 e. The molecule has 0 unspecified atom stereocenters. The Labute approximate surface area is 248 Å². The first kappa shape index (κ1) is 29.7. The monoisotopic (exact) mass is 600 g/mol. The SMILES string of the molecule is CC(C)[C@H]1CN(C)CCN1Cc1cc2c(c(C(F)(F)F)c1)CN(c1cccc(C3([C@@H](F)c4nncn4C)COC3)c1)C2=O. The average Bonchev–Trinajstić information content (AvgIpc) is 3.51. The summed E-state index contributed by atoms with van der Waals surface area (Å²) in [6.45, 7) is 6.95. The summed E-state index contributed by atoms with van der Waals surface area (Å²) in [5.74, 6) is -0.0198. The van der Waals surface area contributed by atoms with Crippen LogP contribution in [0.4, 0.5) is 23.2 Å². The van der Waals surface area contributed by atoms with Gasteiger partial charge in [0.05, 0.1) is 30.7 Å². The molecule has 0 spiro atoms. The first-order valence-electron chi connectivity index (χ1n) is 14.5. The second kappa shape index (κ2) is 11.0. The molecule has 4 heterocycles. The number of carbonyl (C=O) groups excluding carboxylic acids is 1. The largest absolute Gasteiger partial charge is 0.416 e. The predicted molar refractivity (Wildman–Crippen MR) is 152 cm³/mol. The molecule has 1 aromatic heterocycles. The zero-order valence-electron chi connectivity index (χ0n) is 24.7. The van der Waals surface area contributed by atoms with E-state index < -0.39 is 29.2 Å². The molecular formula is C31H36F4N6O2. The van der Waals surface area contributed by atoms with Gasteiger partial charge in [-0.05, 0) is 53.9 Å². The molecule has 8 nitrogen and oxygen atoms in total. The van der Waals surface area contributed by atoms with E-state index in [-0.39, 0.29) is 42.8 Å². The fourth-order valence-electron chi connectivity index (χ4n) is 6.61. The Bertz CT molecular complexity index is 1520. The van der Waals surface area contributed by atoms with Crippen molar-refractivity contribution in [2.75, 3.05) is 44.8 Å². The number of aryl methyl sites for hydroxylation is 1. The lowest BCUT2D eigenvalue weighted by Gasteiger charge is -2.43. The van der Waals surface area contributed by atoms with Gasteiger partial charge in [-0.25, -0.2) is 4.39 Å². The molecule has 0 saturated carbocycles. The number of hydrogen-bond donors (Lipinski definition) is 0. The van der Waals surface area contributed by atoms with Crippen LogP contribution in [-0.2, 0) is 36.5 Å². The van der Waals surface area contributed by atoms with E-state index in [1.807, 2.05) is 0 Å². The van der Waals surface area contributed by atoms with Crippen LogP contribution in [0.5, 0.6) is 0 Å². The normalized spacial score (nSPS) is 21.7. The molecule has 3 aliphatic rings. The highest BCUT2D eigenvalue weighted by Gasteiger charge is 2.51. The van der Waals surface area contributed by atoms with Crippen molar-refractivity contribution in [3.63, 3.8) is 0 Å². The number of rotatable bonds is 7. The number of piperazine rings is 1. The zero-order chi connectivity index (χ0) is 30.7. The molecule has 3 aliphatic heterocycles. The van der Waals surface area contributed by atoms with Crippen molar-refractivity contribution in [1.82, 2.24) is 24.6 Å². The third-order valence-corrected chi connectivity index (χ3v) is 9.21. The molecule has 3 aromatic rings. The number of benzene rings is 2. The Morgan fingerprint density at radius 3 is 2.51 bits per heavy atom. The molecule has 0 N–H and O–H groups in total. The predicted octanol–water partition coefficient (Wildman–Crippen LogP) is 4.75. The molecule has 0 radical (unpaired) electrons. The highest BCUT2D eigenvalue weighted by atomic mass is 19.4. The van der Waals surface area contributed by atoms with Crippen molar-refractivity contribution in [2.24, 2.45) is 13.0 Å². The maximum absolute atomic E-state index is 15.9. The van der Waals surface area contributed by atoms with Gasteiger partial charge in [0.25, 0.3) is 5.91 Å². The van der Waals surface area contributed by atoms with E-state index in [9.17, 15) is 18.0 Å². The number of aromatic nitrogens is 3. The summed E-state index contributed by atoms with van der Waals surface area (Å²) in [5, 5.41) is 7.73. The van der Waals surface area contributed by atoms with E-state index in [0.717, 1.165) is 19.6 Å². The molecule has 0 bridgehead atoms. The number of nitrogens with zero attached hydrogens (tertiary/aromatic N) is 6. The van der Waals surface area contributed by atoms with Gasteiger partial charge in [0.1, 0.15) is 6.33 Å². The quantitative estimate of drug-likeness (QED) is 0.365. The van der Waals surface area contributed by atoms with E-state index >= 15 is 4.39 Å². The van der Waals surface area contributed by atoms with Crippen LogP contribution in [0.1, 0.15) is 58.5 Å². The third kappa shape index (κ3) is 5.23. The Balaban J connectivity index is 1.32. The minimum Gasteiger partial charge on any atom is -0.379 e. The van der Waals surface area contributed by atoms with Crippen molar-refractivity contribution < 1.29 is 27.1 Å². The van der Waals surface area contributed by atoms with Crippen molar-refractivity contribution in [3.05, 3.63) is 76.4 Å². The standard InChI is InChI=1S/C31H36F4N6O2/c1-19(2)26-15-38(3)8-9-40(26)13-20-10-23-24(25(11-20)31(33,34)35)14-41(29(23)42)22-7-5-6-21(12-22)30(16-43-17-30)27(32)28-37-36-18-39(28)4/h5-7,10-12,18-19,26-27H,8-9,13-17H2,1-4H3/t26-,27+/m1/s1. The van der Waals surface area contributed by atoms with Gasteiger partial charge in [0.15, 0.2) is 12.0 Å². The number of alkyl halides is 4. The number of halogens is 4. The van der Waals surface area contributed by atoms with Crippen LogP contribution in [0.15, 0.2) is 42.7 Å². The molecule has 6 rings (SSSR count). The Hall–Kier alpha value is -3.35. The van der Waals surface area contributed by atoms with Crippen LogP contribution >= 0.6 is 0 Å². The van der Waals surface area contributed by atoms with Crippen LogP contribution in [0.3, 0.4) is 0 Å². The fourth-order valence-corrected chi connectivity index (χ4v) is 6.61. The van der Waals surface area contributed by atoms with Gasteiger partial charge in [-0.15, -0.1) is 10.2 Å². The van der Waals surface area contributed by atoms with E-state index in [1.54, 1.807) is 37.4 Å². The number of carbonyl (C=O) groups is 1. The molecule has 12 heteroatoms. The third-order valence-electron chi connectivity index (χ3n) is 9.21. The van der Waals surface area contributed by atoms with E-state index in [1.165, 1.54) is 21.9 Å². The Morgan fingerprint density at radius 2 is 1.88 bits per heavy atom. The summed E-state index contributed by atoms with van der Waals surface area (Å²) in [6, 6.07) is 9.82. The molecule has 2 fully saturated rings.